The van der Waals surface area contributed by atoms with Crippen LogP contribution >= 0.6 is 24.3 Å². The Morgan fingerprint density at radius 1 is 0.838 bits per heavy atom. The van der Waals surface area contributed by atoms with Gasteiger partial charge in [-0.1, -0.05) is 37.8 Å². The normalized spacial score (nSPS) is 11.0. The average molecular weight is 541 g/mol. The van der Waals surface area contributed by atoms with E-state index in [9.17, 15) is 0 Å². The molecule has 2 aromatic heterocycles. The molecule has 0 saturated heterocycles. The first-order valence-corrected chi connectivity index (χ1v) is 13.7. The van der Waals surface area contributed by atoms with Crippen LogP contribution in [0.4, 0.5) is 5.69 Å². The van der Waals surface area contributed by atoms with Gasteiger partial charge in [0.15, 0.2) is 5.11 Å². The standard InChI is InChI=1S/C27H36N6O2S2/c28-34-35-37-26-15-13-23(14-16-26)32-27(36)31-19-7-3-1-2-4-10-20-33(21-24-11-5-8-17-29-24)22-25-12-6-9-18-30-25/h5-6,8-9,11-18H,1-4,7,10,19-22,28H2,(H2,31,32,36). The molecule has 10 heteroatoms. The van der Waals surface area contributed by atoms with Gasteiger partial charge in [0.1, 0.15) is 0 Å². The highest BCUT2D eigenvalue weighted by Gasteiger charge is 2.08. The molecule has 0 aliphatic heterocycles. The maximum Gasteiger partial charge on any atom is 0.170 e. The maximum absolute atomic E-state index is 5.39. The van der Waals surface area contributed by atoms with Crippen LogP contribution in [0, 0.1) is 0 Å². The second-order valence-corrected chi connectivity index (χ2v) is 9.81. The second-order valence-electron chi connectivity index (χ2n) is 8.63. The van der Waals surface area contributed by atoms with Crippen molar-refractivity contribution in [1.82, 2.24) is 20.2 Å². The third kappa shape index (κ3) is 12.5. The molecule has 2 heterocycles. The Labute approximate surface area is 229 Å². The molecule has 4 N–H and O–H groups in total. The first-order valence-electron chi connectivity index (χ1n) is 12.6. The second kappa shape index (κ2) is 17.8. The van der Waals surface area contributed by atoms with E-state index in [-0.39, 0.29) is 0 Å². The molecule has 0 aliphatic rings. The van der Waals surface area contributed by atoms with Gasteiger partial charge in [-0.15, -0.1) is 9.32 Å². The van der Waals surface area contributed by atoms with Crippen molar-refractivity contribution < 1.29 is 9.32 Å². The van der Waals surface area contributed by atoms with E-state index in [2.05, 4.69) is 47.0 Å². The highest BCUT2D eigenvalue weighted by atomic mass is 32.2. The van der Waals surface area contributed by atoms with Crippen molar-refractivity contribution in [2.45, 2.75) is 56.5 Å². The van der Waals surface area contributed by atoms with E-state index in [1.807, 2.05) is 60.9 Å². The number of nitrogens with two attached hydrogens (primary N) is 1. The van der Waals surface area contributed by atoms with E-state index in [0.717, 1.165) is 66.6 Å². The fraction of sp³-hybridized carbons (Fsp3) is 0.370. The van der Waals surface area contributed by atoms with E-state index in [1.54, 1.807) is 0 Å². The Morgan fingerprint density at radius 3 is 2.05 bits per heavy atom. The summed E-state index contributed by atoms with van der Waals surface area (Å²) in [4.78, 5) is 16.4. The molecule has 0 unspecified atom stereocenters. The van der Waals surface area contributed by atoms with Crippen LogP contribution in [0.15, 0.2) is 78.0 Å². The summed E-state index contributed by atoms with van der Waals surface area (Å²) in [5, 5.41) is 7.10. The molecule has 0 bridgehead atoms. The predicted octanol–water partition coefficient (Wildman–Crippen LogP) is 5.64. The highest BCUT2D eigenvalue weighted by molar-refractivity contribution is 7.94. The number of hydrogen-bond acceptors (Lipinski definition) is 8. The zero-order chi connectivity index (χ0) is 26.0. The van der Waals surface area contributed by atoms with E-state index in [1.165, 1.54) is 32.1 Å². The molecule has 1 aromatic carbocycles. The van der Waals surface area contributed by atoms with Gasteiger partial charge in [-0.2, -0.15) is 5.90 Å². The molecule has 0 amide bonds. The van der Waals surface area contributed by atoms with Crippen LogP contribution in [-0.2, 0) is 22.4 Å². The lowest BCUT2D eigenvalue weighted by Crippen LogP contribution is -2.29. The van der Waals surface area contributed by atoms with Crippen molar-refractivity contribution >= 4 is 35.1 Å². The lowest BCUT2D eigenvalue weighted by atomic mass is 10.1. The minimum Gasteiger partial charge on any atom is -0.362 e. The van der Waals surface area contributed by atoms with Crippen molar-refractivity contribution in [3.63, 3.8) is 0 Å². The zero-order valence-corrected chi connectivity index (χ0v) is 22.7. The largest absolute Gasteiger partial charge is 0.362 e. The number of aromatic nitrogens is 2. The van der Waals surface area contributed by atoms with Gasteiger partial charge < -0.3 is 10.6 Å². The molecule has 3 rings (SSSR count). The molecule has 0 atom stereocenters. The minimum absolute atomic E-state index is 0.628. The molecule has 8 nitrogen and oxygen atoms in total. The molecule has 0 saturated carbocycles. The summed E-state index contributed by atoms with van der Waals surface area (Å²) in [6, 6.07) is 19.8. The van der Waals surface area contributed by atoms with Gasteiger partial charge >= 0.3 is 0 Å². The average Bonchev–Trinajstić information content (AvgIpc) is 2.93. The number of unbranched alkanes of at least 4 members (excludes halogenated alkanes) is 5. The number of nitrogens with zero attached hydrogens (tertiary/aromatic N) is 3. The minimum atomic E-state index is 0.628. The molecule has 0 spiro atoms. The van der Waals surface area contributed by atoms with E-state index in [4.69, 9.17) is 18.1 Å². The van der Waals surface area contributed by atoms with E-state index >= 15 is 0 Å². The number of benzene rings is 1. The Hall–Kier alpha value is -2.60. The van der Waals surface area contributed by atoms with Crippen molar-refractivity contribution in [2.75, 3.05) is 18.4 Å². The van der Waals surface area contributed by atoms with Gasteiger partial charge in [0.25, 0.3) is 0 Å². The number of thiocarbonyl (C=S) groups is 1. The molecular weight excluding hydrogens is 504 g/mol. The Balaban J connectivity index is 1.24. The third-order valence-corrected chi connectivity index (χ3v) is 6.55. The first-order chi connectivity index (χ1) is 18.2. The van der Waals surface area contributed by atoms with E-state index < -0.39 is 0 Å². The van der Waals surface area contributed by atoms with Gasteiger partial charge in [-0.3, -0.25) is 14.9 Å². The molecule has 37 heavy (non-hydrogen) atoms. The molecule has 3 aromatic rings. The summed E-state index contributed by atoms with van der Waals surface area (Å²) in [6.45, 7) is 3.60. The first kappa shape index (κ1) is 29.0. The smallest absolute Gasteiger partial charge is 0.170 e. The van der Waals surface area contributed by atoms with Gasteiger partial charge in [0.05, 0.1) is 23.4 Å². The Bertz CT molecular complexity index is 971. The lowest BCUT2D eigenvalue weighted by molar-refractivity contribution is -0.195. The third-order valence-electron chi connectivity index (χ3n) is 5.69. The molecular formula is C27H36N6O2S2. The lowest BCUT2D eigenvalue weighted by Gasteiger charge is -2.21. The van der Waals surface area contributed by atoms with Crippen LogP contribution in [0.3, 0.4) is 0 Å². The van der Waals surface area contributed by atoms with Crippen molar-refractivity contribution in [2.24, 2.45) is 5.90 Å². The van der Waals surface area contributed by atoms with Crippen LogP contribution in [0.2, 0.25) is 0 Å². The molecule has 0 radical (unpaired) electrons. The number of nitrogens with one attached hydrogen (secondary N) is 2. The summed E-state index contributed by atoms with van der Waals surface area (Å²) in [7, 11) is 0. The van der Waals surface area contributed by atoms with Crippen molar-refractivity contribution in [3.05, 3.63) is 84.4 Å². The van der Waals surface area contributed by atoms with Crippen LogP contribution < -0.4 is 16.5 Å². The number of pyridine rings is 2. The maximum atomic E-state index is 5.39. The number of rotatable bonds is 17. The predicted molar refractivity (Wildman–Crippen MR) is 153 cm³/mol. The monoisotopic (exact) mass is 540 g/mol. The fourth-order valence-corrected chi connectivity index (χ4v) is 4.44. The van der Waals surface area contributed by atoms with Gasteiger partial charge in [-0.05, 0) is 80.1 Å². The summed E-state index contributed by atoms with van der Waals surface area (Å²) in [6.07, 6.45) is 10.9. The van der Waals surface area contributed by atoms with Crippen LogP contribution in [0.5, 0.6) is 0 Å². The zero-order valence-electron chi connectivity index (χ0n) is 21.1. The quantitative estimate of drug-likeness (QED) is 0.0656. The van der Waals surface area contributed by atoms with Gasteiger partial charge in [-0.25, -0.2) is 0 Å². The molecule has 198 valence electrons. The van der Waals surface area contributed by atoms with Gasteiger partial charge in [0.2, 0.25) is 0 Å². The van der Waals surface area contributed by atoms with Crippen LogP contribution in [0.25, 0.3) is 0 Å². The van der Waals surface area contributed by atoms with Crippen molar-refractivity contribution in [1.29, 1.82) is 0 Å². The summed E-state index contributed by atoms with van der Waals surface area (Å²) < 4.78 is 4.63. The molecule has 0 fully saturated rings. The summed E-state index contributed by atoms with van der Waals surface area (Å²) >= 11 is 6.43. The topological polar surface area (TPSA) is 97.6 Å². The SMILES string of the molecule is NOOSc1ccc(NC(=S)NCCCCCCCCN(Cc2ccccn2)Cc2ccccn2)cc1. The van der Waals surface area contributed by atoms with E-state index in [0.29, 0.717) is 5.11 Å². The Kier molecular flexibility index (Phi) is 13.9. The fourth-order valence-electron chi connectivity index (χ4n) is 3.85. The summed E-state index contributed by atoms with van der Waals surface area (Å²) in [5.41, 5.74) is 3.11. The molecule has 0 aliphatic carbocycles. The summed E-state index contributed by atoms with van der Waals surface area (Å²) in [5.74, 6) is 4.84. The Morgan fingerprint density at radius 2 is 1.46 bits per heavy atom. The van der Waals surface area contributed by atoms with Crippen LogP contribution in [-0.4, -0.2) is 33.1 Å². The highest BCUT2D eigenvalue weighted by Crippen LogP contribution is 2.20. The van der Waals surface area contributed by atoms with Gasteiger partial charge in [0, 0.05) is 42.6 Å². The number of anilines is 1. The number of hydrogen-bond donors (Lipinski definition) is 3. The van der Waals surface area contributed by atoms with Crippen LogP contribution in [0.1, 0.15) is 49.9 Å². The van der Waals surface area contributed by atoms with Crippen molar-refractivity contribution in [3.8, 4) is 0 Å².